The summed E-state index contributed by atoms with van der Waals surface area (Å²) in [5.41, 5.74) is 0. The maximum Gasteiger partial charge on any atom is 0.192 e. The topological polar surface area (TPSA) is 49.7 Å². The van der Waals surface area contributed by atoms with Gasteiger partial charge in [0.2, 0.25) is 0 Å². The lowest BCUT2D eigenvalue weighted by Gasteiger charge is -2.36. The maximum absolute atomic E-state index is 9.13. The van der Waals surface area contributed by atoms with Crippen LogP contribution >= 0.6 is 0 Å². The Labute approximate surface area is 81.9 Å². The van der Waals surface area contributed by atoms with Gasteiger partial charge in [0.05, 0.1) is 19.3 Å². The first kappa shape index (κ1) is 13.1. The molecule has 0 amide bonds. The molecule has 0 unspecified atom stereocenters. The molecule has 0 spiro atoms. The number of aliphatic hydroxyl groups excluding tert-OH is 2. The second-order valence-electron chi connectivity index (χ2n) is 4.91. The average Bonchev–Trinajstić information content (AvgIpc) is 1.98. The molecule has 0 aliphatic carbocycles. The zero-order chi connectivity index (χ0) is 10.7. The molecule has 0 rings (SSSR count). The average molecular weight is 206 g/mol. The minimum atomic E-state index is -1.76. The lowest BCUT2D eigenvalue weighted by atomic mass is 10.2. The van der Waals surface area contributed by atoms with E-state index in [1.54, 1.807) is 0 Å². The summed E-state index contributed by atoms with van der Waals surface area (Å²) in [6.07, 6.45) is -0.742. The number of hydrogen-bond donors (Lipinski definition) is 2. The van der Waals surface area contributed by atoms with E-state index in [-0.39, 0.29) is 18.3 Å². The third kappa shape index (κ3) is 4.22. The number of rotatable bonds is 4. The Bertz CT molecular complexity index is 151. The van der Waals surface area contributed by atoms with E-state index in [0.717, 1.165) is 0 Å². The van der Waals surface area contributed by atoms with Gasteiger partial charge < -0.3 is 14.6 Å². The first-order valence-corrected chi connectivity index (χ1v) is 7.54. The van der Waals surface area contributed by atoms with Crippen molar-refractivity contribution in [2.24, 2.45) is 0 Å². The van der Waals surface area contributed by atoms with Crippen molar-refractivity contribution in [2.45, 2.75) is 45.0 Å². The van der Waals surface area contributed by atoms with Crippen LogP contribution in [0.5, 0.6) is 0 Å². The van der Waals surface area contributed by atoms with Gasteiger partial charge in [-0.1, -0.05) is 20.8 Å². The molecule has 0 aromatic carbocycles. The van der Waals surface area contributed by atoms with Crippen molar-refractivity contribution in [3.05, 3.63) is 0 Å². The van der Waals surface area contributed by atoms with Crippen LogP contribution in [-0.4, -0.2) is 37.8 Å². The van der Waals surface area contributed by atoms with E-state index in [1.165, 1.54) is 0 Å². The Balaban J connectivity index is 4.04. The predicted octanol–water partition coefficient (Wildman–Crippen LogP) is 1.36. The smallest absolute Gasteiger partial charge is 0.192 e. The van der Waals surface area contributed by atoms with Crippen molar-refractivity contribution in [1.29, 1.82) is 0 Å². The summed E-state index contributed by atoms with van der Waals surface area (Å²) in [4.78, 5) is 0. The quantitative estimate of drug-likeness (QED) is 0.683. The van der Waals surface area contributed by atoms with Gasteiger partial charge in [0, 0.05) is 0 Å². The van der Waals surface area contributed by atoms with Gasteiger partial charge >= 0.3 is 0 Å². The summed E-state index contributed by atoms with van der Waals surface area (Å²) in [6.45, 7) is 10.7. The standard InChI is InChI=1S/C9H22O3Si/c1-9(2,3)13(4,5)12-7-8(11)6-10/h8,10-11H,6-7H2,1-5H3/t8-/m0/s1. The SMILES string of the molecule is CC(C)(C)[Si](C)(C)OC[C@@H](O)CO. The maximum atomic E-state index is 9.13. The Morgan fingerprint density at radius 2 is 1.77 bits per heavy atom. The molecule has 0 radical (unpaired) electrons. The van der Waals surface area contributed by atoms with Crippen LogP contribution in [0.3, 0.4) is 0 Å². The van der Waals surface area contributed by atoms with E-state index in [4.69, 9.17) is 14.6 Å². The highest BCUT2D eigenvalue weighted by Crippen LogP contribution is 2.36. The molecule has 0 aromatic rings. The van der Waals surface area contributed by atoms with Gasteiger partial charge in [-0.05, 0) is 18.1 Å². The molecule has 0 aromatic heterocycles. The predicted molar refractivity (Wildman–Crippen MR) is 56.2 cm³/mol. The van der Waals surface area contributed by atoms with Crippen molar-refractivity contribution >= 4 is 8.32 Å². The minimum Gasteiger partial charge on any atom is -0.414 e. The van der Waals surface area contributed by atoms with Crippen molar-refractivity contribution in [1.82, 2.24) is 0 Å². The molecule has 13 heavy (non-hydrogen) atoms. The van der Waals surface area contributed by atoms with Crippen LogP contribution < -0.4 is 0 Å². The third-order valence-corrected chi connectivity index (χ3v) is 7.15. The Morgan fingerprint density at radius 3 is 2.08 bits per heavy atom. The normalized spacial score (nSPS) is 15.9. The molecule has 0 aliphatic heterocycles. The Morgan fingerprint density at radius 1 is 1.31 bits per heavy atom. The number of aliphatic hydroxyl groups is 2. The lowest BCUT2D eigenvalue weighted by Crippen LogP contribution is -2.43. The first-order valence-electron chi connectivity index (χ1n) is 4.63. The van der Waals surface area contributed by atoms with Gasteiger partial charge in [0.1, 0.15) is 0 Å². The molecule has 1 atom stereocenters. The van der Waals surface area contributed by atoms with Crippen LogP contribution in [0.1, 0.15) is 20.8 Å². The second kappa shape index (κ2) is 4.55. The highest BCUT2D eigenvalue weighted by atomic mass is 28.4. The van der Waals surface area contributed by atoms with E-state index in [2.05, 4.69) is 33.9 Å². The highest BCUT2D eigenvalue weighted by molar-refractivity contribution is 6.74. The fourth-order valence-electron chi connectivity index (χ4n) is 0.574. The largest absolute Gasteiger partial charge is 0.414 e. The van der Waals surface area contributed by atoms with Crippen LogP contribution in [0.4, 0.5) is 0 Å². The summed E-state index contributed by atoms with van der Waals surface area (Å²) in [7, 11) is -1.76. The molecule has 0 fully saturated rings. The van der Waals surface area contributed by atoms with Crippen molar-refractivity contribution in [3.63, 3.8) is 0 Å². The van der Waals surface area contributed by atoms with Gasteiger partial charge in [-0.15, -0.1) is 0 Å². The molecule has 4 heteroatoms. The zero-order valence-electron chi connectivity index (χ0n) is 9.29. The summed E-state index contributed by atoms with van der Waals surface area (Å²) in [6, 6.07) is 0. The van der Waals surface area contributed by atoms with Gasteiger partial charge in [-0.25, -0.2) is 0 Å². The summed E-state index contributed by atoms with van der Waals surface area (Å²) < 4.78 is 5.68. The van der Waals surface area contributed by atoms with Crippen molar-refractivity contribution < 1.29 is 14.6 Å². The van der Waals surface area contributed by atoms with Crippen LogP contribution in [0.15, 0.2) is 0 Å². The third-order valence-electron chi connectivity index (χ3n) is 2.65. The summed E-state index contributed by atoms with van der Waals surface area (Å²) in [5, 5.41) is 17.9. The van der Waals surface area contributed by atoms with Crippen molar-refractivity contribution in [2.75, 3.05) is 13.2 Å². The minimum absolute atomic E-state index is 0.155. The van der Waals surface area contributed by atoms with Crippen LogP contribution in [-0.2, 0) is 4.43 Å². The lowest BCUT2D eigenvalue weighted by molar-refractivity contribution is 0.0489. The van der Waals surface area contributed by atoms with Gasteiger partial charge in [-0.2, -0.15) is 0 Å². The first-order chi connectivity index (χ1) is 5.70. The summed E-state index contributed by atoms with van der Waals surface area (Å²) in [5.74, 6) is 0. The van der Waals surface area contributed by atoms with Crippen LogP contribution in [0.2, 0.25) is 18.1 Å². The molecular weight excluding hydrogens is 184 g/mol. The molecule has 80 valence electrons. The van der Waals surface area contributed by atoms with E-state index < -0.39 is 14.4 Å². The fourth-order valence-corrected chi connectivity index (χ4v) is 1.62. The van der Waals surface area contributed by atoms with E-state index in [1.807, 2.05) is 0 Å². The molecule has 3 nitrogen and oxygen atoms in total. The molecule has 2 N–H and O–H groups in total. The molecule has 0 saturated carbocycles. The molecule has 0 aliphatic rings. The van der Waals surface area contributed by atoms with Crippen molar-refractivity contribution in [3.8, 4) is 0 Å². The Hall–Kier alpha value is 0.0969. The van der Waals surface area contributed by atoms with Crippen LogP contribution in [0, 0.1) is 0 Å². The fraction of sp³-hybridized carbons (Fsp3) is 1.00. The van der Waals surface area contributed by atoms with Gasteiger partial charge in [0.25, 0.3) is 0 Å². The van der Waals surface area contributed by atoms with E-state index >= 15 is 0 Å². The molecular formula is C9H22O3Si. The molecule has 0 saturated heterocycles. The number of hydrogen-bond acceptors (Lipinski definition) is 3. The second-order valence-corrected chi connectivity index (χ2v) is 9.72. The van der Waals surface area contributed by atoms with Gasteiger partial charge in [0.15, 0.2) is 8.32 Å². The van der Waals surface area contributed by atoms with Crippen LogP contribution in [0.25, 0.3) is 0 Å². The zero-order valence-corrected chi connectivity index (χ0v) is 10.3. The summed E-state index contributed by atoms with van der Waals surface area (Å²) >= 11 is 0. The van der Waals surface area contributed by atoms with Gasteiger partial charge in [-0.3, -0.25) is 0 Å². The highest BCUT2D eigenvalue weighted by Gasteiger charge is 2.37. The van der Waals surface area contributed by atoms with E-state index in [0.29, 0.717) is 0 Å². The Kier molecular flexibility index (Phi) is 4.58. The van der Waals surface area contributed by atoms with E-state index in [9.17, 15) is 0 Å². The monoisotopic (exact) mass is 206 g/mol. The molecule has 0 heterocycles. The molecule has 0 bridgehead atoms.